The van der Waals surface area contributed by atoms with Crippen LogP contribution in [-0.2, 0) is 5.54 Å². The summed E-state index contributed by atoms with van der Waals surface area (Å²) in [6.45, 7) is 7.56. The molecule has 0 spiro atoms. The molecule has 2 aliphatic rings. The smallest absolute Gasteiger partial charge is 0.239 e. The molecule has 2 nitrogen and oxygen atoms in total. The van der Waals surface area contributed by atoms with E-state index in [2.05, 4.69) is 165 Å². The molecule has 2 aromatic carbocycles. The standard InChI is InChI=1S/C35H39N2S2/c1-6-17-28-18-12-14-21-31(28)30-26-36(4)33(39-27-30)23-10-8-7-9-11-24-34-37(5)35(2,3)32-22-15-13-19-29(32)20-16-25-38-34/h6-24,27H,25-26H2,1-5H3/q+1/b17-6-,20-16-. The van der Waals surface area contributed by atoms with Crippen molar-refractivity contribution in [3.05, 3.63) is 136 Å². The SMILES string of the molecule is C/C=C\c1ccccc1C1=CSC(/C=C/C=C/C=C/C=C2\SC/C=C\c3ccccc3C(C)(C)N2C)=[N+](C)C1. The fourth-order valence-corrected chi connectivity index (χ4v) is 6.54. The molecular weight excluding hydrogens is 513 g/mol. The van der Waals surface area contributed by atoms with Gasteiger partial charge in [-0.25, -0.2) is 4.58 Å². The van der Waals surface area contributed by atoms with Crippen LogP contribution in [0.3, 0.4) is 0 Å². The molecule has 4 rings (SSSR count). The molecule has 0 aliphatic carbocycles. The third-order valence-electron chi connectivity index (χ3n) is 7.09. The van der Waals surface area contributed by atoms with E-state index in [0.29, 0.717) is 0 Å². The van der Waals surface area contributed by atoms with Crippen LogP contribution in [0.2, 0.25) is 0 Å². The lowest BCUT2D eigenvalue weighted by Gasteiger charge is -2.39. The first-order chi connectivity index (χ1) is 18.9. The third kappa shape index (κ3) is 7.26. The number of benzene rings is 2. The number of rotatable bonds is 6. The Bertz CT molecular complexity index is 1410. The molecule has 0 aromatic heterocycles. The fourth-order valence-electron chi connectivity index (χ4n) is 4.71. The second kappa shape index (κ2) is 13.7. The maximum absolute atomic E-state index is 2.39. The summed E-state index contributed by atoms with van der Waals surface area (Å²) in [4.78, 5) is 2.39. The van der Waals surface area contributed by atoms with Crippen molar-refractivity contribution in [1.29, 1.82) is 0 Å². The van der Waals surface area contributed by atoms with Crippen LogP contribution in [0.4, 0.5) is 0 Å². The third-order valence-corrected chi connectivity index (χ3v) is 9.25. The van der Waals surface area contributed by atoms with Gasteiger partial charge in [-0.05, 0) is 66.3 Å². The van der Waals surface area contributed by atoms with Gasteiger partial charge in [0.25, 0.3) is 0 Å². The highest BCUT2D eigenvalue weighted by atomic mass is 32.2. The van der Waals surface area contributed by atoms with Gasteiger partial charge in [-0.1, -0.05) is 103 Å². The highest BCUT2D eigenvalue weighted by Gasteiger charge is 2.29. The Balaban J connectivity index is 1.38. The molecule has 2 heterocycles. The molecule has 200 valence electrons. The Labute approximate surface area is 243 Å². The zero-order chi connectivity index (χ0) is 27.7. The lowest BCUT2D eigenvalue weighted by molar-refractivity contribution is -0.480. The van der Waals surface area contributed by atoms with Gasteiger partial charge in [-0.15, -0.1) is 11.8 Å². The summed E-state index contributed by atoms with van der Waals surface area (Å²) in [6.07, 6.45) is 23.8. The van der Waals surface area contributed by atoms with Crippen LogP contribution in [-0.4, -0.2) is 40.9 Å². The van der Waals surface area contributed by atoms with E-state index in [1.54, 1.807) is 11.8 Å². The van der Waals surface area contributed by atoms with E-state index in [9.17, 15) is 0 Å². The summed E-state index contributed by atoms with van der Waals surface area (Å²) in [5, 5.41) is 4.80. The Morgan fingerprint density at radius 1 is 0.923 bits per heavy atom. The number of thioether (sulfide) groups is 2. The first kappa shape index (κ1) is 28.8. The number of hydrogen-bond acceptors (Lipinski definition) is 3. The summed E-state index contributed by atoms with van der Waals surface area (Å²) < 4.78 is 2.32. The van der Waals surface area contributed by atoms with Gasteiger partial charge in [0, 0.05) is 24.4 Å². The van der Waals surface area contributed by atoms with E-state index < -0.39 is 0 Å². The van der Waals surface area contributed by atoms with Gasteiger partial charge >= 0.3 is 0 Å². The minimum absolute atomic E-state index is 0.111. The van der Waals surface area contributed by atoms with Crippen molar-refractivity contribution < 1.29 is 4.58 Å². The summed E-state index contributed by atoms with van der Waals surface area (Å²) >= 11 is 3.65. The highest BCUT2D eigenvalue weighted by molar-refractivity contribution is 8.16. The van der Waals surface area contributed by atoms with Crippen LogP contribution in [0.15, 0.2) is 114 Å². The number of allylic oxidation sites excluding steroid dienone is 7. The van der Waals surface area contributed by atoms with Crippen LogP contribution < -0.4 is 0 Å². The molecule has 0 saturated heterocycles. The maximum atomic E-state index is 2.39. The molecule has 0 amide bonds. The van der Waals surface area contributed by atoms with Crippen LogP contribution in [0.5, 0.6) is 0 Å². The zero-order valence-electron chi connectivity index (χ0n) is 23.7. The molecule has 0 N–H and O–H groups in total. The molecule has 0 fully saturated rings. The van der Waals surface area contributed by atoms with Crippen LogP contribution in [0, 0.1) is 0 Å². The van der Waals surface area contributed by atoms with Crippen molar-refractivity contribution in [2.75, 3.05) is 26.4 Å². The van der Waals surface area contributed by atoms with Gasteiger partial charge in [0.1, 0.15) is 7.05 Å². The molecule has 4 heteroatoms. The number of fused-ring (bicyclic) bond motifs is 1. The second-order valence-corrected chi connectivity index (χ2v) is 12.0. The Morgan fingerprint density at radius 2 is 1.67 bits per heavy atom. The zero-order valence-corrected chi connectivity index (χ0v) is 25.3. The van der Waals surface area contributed by atoms with Crippen molar-refractivity contribution in [3.63, 3.8) is 0 Å². The predicted molar refractivity (Wildman–Crippen MR) is 177 cm³/mol. The van der Waals surface area contributed by atoms with Crippen LogP contribution in [0.1, 0.15) is 43.0 Å². The fraction of sp³-hybridized carbons (Fsp3) is 0.229. The van der Waals surface area contributed by atoms with Crippen LogP contribution in [0.25, 0.3) is 17.7 Å². The van der Waals surface area contributed by atoms with E-state index in [1.807, 2.05) is 11.8 Å². The van der Waals surface area contributed by atoms with Crippen molar-refractivity contribution in [2.45, 2.75) is 26.3 Å². The molecule has 0 unspecified atom stereocenters. The predicted octanol–water partition coefficient (Wildman–Crippen LogP) is 8.99. The van der Waals surface area contributed by atoms with Crippen molar-refractivity contribution in [2.24, 2.45) is 0 Å². The Hall–Kier alpha value is -3.21. The summed E-state index contributed by atoms with van der Waals surface area (Å²) in [5.74, 6) is 0.952. The molecule has 0 radical (unpaired) electrons. The first-order valence-electron chi connectivity index (χ1n) is 13.4. The number of nitrogens with zero attached hydrogens (tertiary/aromatic N) is 2. The lowest BCUT2D eigenvalue weighted by Crippen LogP contribution is -2.37. The summed E-state index contributed by atoms with van der Waals surface area (Å²) in [5.41, 5.74) is 6.47. The summed E-state index contributed by atoms with van der Waals surface area (Å²) in [7, 11) is 4.36. The van der Waals surface area contributed by atoms with Gasteiger partial charge in [-0.3, -0.25) is 0 Å². The summed E-state index contributed by atoms with van der Waals surface area (Å²) in [6, 6.07) is 17.3. The van der Waals surface area contributed by atoms with E-state index in [0.717, 1.165) is 12.3 Å². The van der Waals surface area contributed by atoms with Crippen LogP contribution >= 0.6 is 23.5 Å². The first-order valence-corrected chi connectivity index (χ1v) is 15.3. The Kier molecular flexibility index (Phi) is 10.1. The van der Waals surface area contributed by atoms with E-state index >= 15 is 0 Å². The van der Waals surface area contributed by atoms with Gasteiger partial charge < -0.3 is 4.90 Å². The maximum Gasteiger partial charge on any atom is 0.239 e. The molecule has 0 atom stereocenters. The van der Waals surface area contributed by atoms with Crippen molar-refractivity contribution in [1.82, 2.24) is 4.90 Å². The molecular formula is C35H39N2S2+. The normalized spacial score (nSPS) is 20.1. The molecule has 0 bridgehead atoms. The van der Waals surface area contributed by atoms with E-state index in [4.69, 9.17) is 0 Å². The minimum atomic E-state index is -0.111. The monoisotopic (exact) mass is 551 g/mol. The number of hydrogen-bond donors (Lipinski definition) is 0. The largest absolute Gasteiger partial charge is 0.360 e. The average molecular weight is 552 g/mol. The van der Waals surface area contributed by atoms with Gasteiger partial charge in [0.2, 0.25) is 5.04 Å². The highest BCUT2D eigenvalue weighted by Crippen LogP contribution is 2.37. The van der Waals surface area contributed by atoms with E-state index in [1.165, 1.54) is 37.9 Å². The second-order valence-electron chi connectivity index (χ2n) is 10.1. The molecule has 39 heavy (non-hydrogen) atoms. The average Bonchev–Trinajstić information content (AvgIpc) is 2.98. The molecule has 0 saturated carbocycles. The Morgan fingerprint density at radius 3 is 2.49 bits per heavy atom. The van der Waals surface area contributed by atoms with Crippen molar-refractivity contribution in [3.8, 4) is 0 Å². The molecule has 2 aromatic rings. The lowest BCUT2D eigenvalue weighted by atomic mass is 9.88. The minimum Gasteiger partial charge on any atom is -0.360 e. The van der Waals surface area contributed by atoms with Gasteiger partial charge in [0.05, 0.1) is 10.6 Å². The number of likely N-dealkylation sites (N-methyl/N-ethyl adjacent to an activating group) is 1. The van der Waals surface area contributed by atoms with E-state index in [-0.39, 0.29) is 5.54 Å². The van der Waals surface area contributed by atoms with Crippen molar-refractivity contribution >= 4 is 46.3 Å². The van der Waals surface area contributed by atoms with Gasteiger partial charge in [-0.2, -0.15) is 0 Å². The van der Waals surface area contributed by atoms with Gasteiger partial charge in [0.15, 0.2) is 6.54 Å². The topological polar surface area (TPSA) is 6.25 Å². The molecule has 2 aliphatic heterocycles. The quantitative estimate of drug-likeness (QED) is 0.261.